The summed E-state index contributed by atoms with van der Waals surface area (Å²) >= 11 is 0. The van der Waals surface area contributed by atoms with E-state index in [0.29, 0.717) is 11.5 Å². The zero-order valence-corrected chi connectivity index (χ0v) is 12.5. The van der Waals surface area contributed by atoms with Gasteiger partial charge in [0.1, 0.15) is 0 Å². The smallest absolute Gasteiger partial charge is 0.246 e. The van der Waals surface area contributed by atoms with Gasteiger partial charge >= 0.3 is 0 Å². The number of hydrazine groups is 1. The molecule has 1 aromatic carbocycles. The molecule has 2 unspecified atom stereocenters. The number of methoxy groups -OCH3 is 2. The van der Waals surface area contributed by atoms with Gasteiger partial charge in [-0.25, -0.2) is 0 Å². The topological polar surface area (TPSA) is 59.6 Å². The van der Waals surface area contributed by atoms with Crippen LogP contribution in [-0.4, -0.2) is 20.1 Å². The Labute approximate surface area is 129 Å². The summed E-state index contributed by atoms with van der Waals surface area (Å²) in [6, 6.07) is 5.71. The largest absolute Gasteiger partial charge is 0.493 e. The Morgan fingerprint density at radius 3 is 2.45 bits per heavy atom. The molecule has 1 amide bonds. The summed E-state index contributed by atoms with van der Waals surface area (Å²) in [6.45, 7) is 0. The molecule has 0 aromatic heterocycles. The first-order valence-corrected chi connectivity index (χ1v) is 7.07. The number of allylic oxidation sites excluding steroid dienone is 3. The van der Waals surface area contributed by atoms with Crippen molar-refractivity contribution in [2.45, 2.75) is 0 Å². The molecule has 2 N–H and O–H groups in total. The maximum Gasteiger partial charge on any atom is 0.246 e. The molecule has 22 heavy (non-hydrogen) atoms. The SMILES string of the molecule is COc1ccc(C=C2NNC(=O)C3C=CC=CC23)cc1OC. The summed E-state index contributed by atoms with van der Waals surface area (Å²) in [5, 5.41) is 0. The van der Waals surface area contributed by atoms with Crippen LogP contribution in [-0.2, 0) is 4.79 Å². The van der Waals surface area contributed by atoms with Crippen LogP contribution >= 0.6 is 0 Å². The molecule has 1 aliphatic heterocycles. The molecular weight excluding hydrogens is 280 g/mol. The van der Waals surface area contributed by atoms with Crippen LogP contribution in [0.15, 0.2) is 48.2 Å². The molecule has 2 aliphatic rings. The third-order valence-electron chi connectivity index (χ3n) is 3.86. The highest BCUT2D eigenvalue weighted by atomic mass is 16.5. The van der Waals surface area contributed by atoms with E-state index in [1.165, 1.54) is 0 Å². The first-order chi connectivity index (χ1) is 10.7. The number of benzene rings is 1. The van der Waals surface area contributed by atoms with Crippen molar-refractivity contribution in [2.75, 3.05) is 14.2 Å². The fraction of sp³-hybridized carbons (Fsp3) is 0.235. The highest BCUT2D eigenvalue weighted by Gasteiger charge is 2.32. The molecule has 5 nitrogen and oxygen atoms in total. The standard InChI is InChI=1S/C17H18N2O3/c1-21-15-8-7-11(10-16(15)22-2)9-14-12-5-3-4-6-13(12)17(20)19-18-14/h3-10,12-13,18H,1-2H3,(H,19,20). The van der Waals surface area contributed by atoms with E-state index >= 15 is 0 Å². The molecule has 0 radical (unpaired) electrons. The second-order valence-electron chi connectivity index (χ2n) is 5.15. The lowest BCUT2D eigenvalue weighted by atomic mass is 9.83. The number of carbonyl (C=O) groups is 1. The van der Waals surface area contributed by atoms with Gasteiger partial charge in [-0.2, -0.15) is 0 Å². The van der Waals surface area contributed by atoms with E-state index in [2.05, 4.69) is 10.9 Å². The summed E-state index contributed by atoms with van der Waals surface area (Å²) in [4.78, 5) is 11.9. The van der Waals surface area contributed by atoms with Crippen molar-refractivity contribution in [1.82, 2.24) is 10.9 Å². The van der Waals surface area contributed by atoms with Crippen LogP contribution in [0, 0.1) is 11.8 Å². The number of nitrogens with one attached hydrogen (secondary N) is 2. The minimum atomic E-state index is -0.169. The lowest BCUT2D eigenvalue weighted by Crippen LogP contribution is -2.50. The van der Waals surface area contributed by atoms with Gasteiger partial charge in [0.25, 0.3) is 0 Å². The van der Waals surface area contributed by atoms with Crippen molar-refractivity contribution in [3.05, 3.63) is 53.8 Å². The monoisotopic (exact) mass is 298 g/mol. The predicted molar refractivity (Wildman–Crippen MR) is 84.1 cm³/mol. The Balaban J connectivity index is 1.93. The third kappa shape index (κ3) is 2.57. The number of rotatable bonds is 3. The lowest BCUT2D eigenvalue weighted by Gasteiger charge is -2.32. The first kappa shape index (κ1) is 14.3. The molecule has 0 saturated carbocycles. The Morgan fingerprint density at radius 1 is 1.00 bits per heavy atom. The van der Waals surface area contributed by atoms with Gasteiger partial charge in [0.15, 0.2) is 11.5 Å². The molecular formula is C17H18N2O3. The van der Waals surface area contributed by atoms with Gasteiger partial charge in [0.2, 0.25) is 5.91 Å². The second-order valence-corrected chi connectivity index (χ2v) is 5.15. The normalized spacial score (nSPS) is 24.5. The number of hydrogen-bond donors (Lipinski definition) is 2. The highest BCUT2D eigenvalue weighted by molar-refractivity contribution is 5.83. The van der Waals surface area contributed by atoms with Gasteiger partial charge in [-0.15, -0.1) is 0 Å². The van der Waals surface area contributed by atoms with Crippen molar-refractivity contribution in [2.24, 2.45) is 11.8 Å². The first-order valence-electron chi connectivity index (χ1n) is 7.07. The van der Waals surface area contributed by atoms with Crippen molar-refractivity contribution >= 4 is 12.0 Å². The number of hydrogen-bond acceptors (Lipinski definition) is 4. The minimum absolute atomic E-state index is 0.0185. The van der Waals surface area contributed by atoms with E-state index in [0.717, 1.165) is 11.3 Å². The quantitative estimate of drug-likeness (QED) is 0.896. The van der Waals surface area contributed by atoms with Crippen molar-refractivity contribution in [1.29, 1.82) is 0 Å². The van der Waals surface area contributed by atoms with E-state index < -0.39 is 0 Å². The third-order valence-corrected chi connectivity index (χ3v) is 3.86. The van der Waals surface area contributed by atoms with E-state index in [1.807, 2.05) is 48.6 Å². The molecule has 1 aliphatic carbocycles. The van der Waals surface area contributed by atoms with E-state index in [1.54, 1.807) is 14.2 Å². The Hall–Kier alpha value is -2.69. The summed E-state index contributed by atoms with van der Waals surface area (Å²) in [6.07, 6.45) is 9.82. The molecule has 3 rings (SSSR count). The summed E-state index contributed by atoms with van der Waals surface area (Å²) in [5.41, 5.74) is 7.60. The molecule has 1 heterocycles. The maximum absolute atomic E-state index is 11.9. The number of carbonyl (C=O) groups excluding carboxylic acids is 1. The second kappa shape index (κ2) is 5.97. The van der Waals surface area contributed by atoms with Gasteiger partial charge in [0.05, 0.1) is 20.1 Å². The molecule has 5 heteroatoms. The maximum atomic E-state index is 11.9. The average molecular weight is 298 g/mol. The Bertz CT molecular complexity index is 676. The fourth-order valence-corrected chi connectivity index (χ4v) is 2.71. The molecule has 0 bridgehead atoms. The van der Waals surface area contributed by atoms with E-state index in [-0.39, 0.29) is 17.7 Å². The van der Waals surface area contributed by atoms with Crippen LogP contribution in [0.25, 0.3) is 6.08 Å². The van der Waals surface area contributed by atoms with E-state index in [4.69, 9.17) is 9.47 Å². The summed E-state index contributed by atoms with van der Waals surface area (Å²) in [7, 11) is 3.22. The van der Waals surface area contributed by atoms with E-state index in [9.17, 15) is 4.79 Å². The minimum Gasteiger partial charge on any atom is -0.493 e. The average Bonchev–Trinajstić information content (AvgIpc) is 2.57. The molecule has 1 aromatic rings. The van der Waals surface area contributed by atoms with Gasteiger partial charge in [-0.1, -0.05) is 30.4 Å². The van der Waals surface area contributed by atoms with Crippen molar-refractivity contribution in [3.63, 3.8) is 0 Å². The molecule has 1 fully saturated rings. The van der Waals surface area contributed by atoms with Crippen LogP contribution in [0.2, 0.25) is 0 Å². The lowest BCUT2D eigenvalue weighted by molar-refractivity contribution is -0.126. The summed E-state index contributed by atoms with van der Waals surface area (Å²) < 4.78 is 10.6. The molecule has 0 spiro atoms. The number of ether oxygens (including phenoxy) is 2. The van der Waals surface area contributed by atoms with Crippen LogP contribution in [0.1, 0.15) is 5.56 Å². The van der Waals surface area contributed by atoms with Crippen LogP contribution < -0.4 is 20.3 Å². The molecule has 114 valence electrons. The van der Waals surface area contributed by atoms with Crippen LogP contribution in [0.5, 0.6) is 11.5 Å². The zero-order chi connectivity index (χ0) is 15.5. The Kier molecular flexibility index (Phi) is 3.87. The van der Waals surface area contributed by atoms with Crippen molar-refractivity contribution in [3.8, 4) is 11.5 Å². The number of fused-ring (bicyclic) bond motifs is 1. The van der Waals surface area contributed by atoms with Gasteiger partial charge in [0, 0.05) is 11.6 Å². The fourth-order valence-electron chi connectivity index (χ4n) is 2.71. The molecule has 2 atom stereocenters. The molecule has 1 saturated heterocycles. The van der Waals surface area contributed by atoms with Gasteiger partial charge in [-0.3, -0.25) is 10.2 Å². The Morgan fingerprint density at radius 2 is 1.73 bits per heavy atom. The number of amides is 1. The van der Waals surface area contributed by atoms with Crippen LogP contribution in [0.4, 0.5) is 0 Å². The van der Waals surface area contributed by atoms with Gasteiger partial charge < -0.3 is 14.9 Å². The van der Waals surface area contributed by atoms with Gasteiger partial charge in [-0.05, 0) is 23.8 Å². The highest BCUT2D eigenvalue weighted by Crippen LogP contribution is 2.32. The summed E-state index contributed by atoms with van der Waals surface area (Å²) in [5.74, 6) is 1.19. The van der Waals surface area contributed by atoms with Crippen LogP contribution in [0.3, 0.4) is 0 Å². The zero-order valence-electron chi connectivity index (χ0n) is 12.5. The predicted octanol–water partition coefficient (Wildman–Crippen LogP) is 2.04. The van der Waals surface area contributed by atoms with Crippen molar-refractivity contribution < 1.29 is 14.3 Å².